The Morgan fingerprint density at radius 3 is 1.98 bits per heavy atom. The van der Waals surface area contributed by atoms with E-state index in [0.29, 0.717) is 22.5 Å². The maximum Gasteiger partial charge on any atom is 0.338 e. The fraction of sp³-hybridized carbons (Fsp3) is 0.132. The fourth-order valence-corrected chi connectivity index (χ4v) is 7.03. The molecule has 0 radical (unpaired) electrons. The Balaban J connectivity index is 1.24. The van der Waals surface area contributed by atoms with Crippen LogP contribution < -0.4 is 0 Å². The molecule has 50 heavy (non-hydrogen) atoms. The lowest BCUT2D eigenvalue weighted by atomic mass is 10.1. The van der Waals surface area contributed by atoms with E-state index in [1.807, 2.05) is 22.1 Å². The van der Waals surface area contributed by atoms with E-state index in [0.717, 1.165) is 21.2 Å². The highest BCUT2D eigenvalue weighted by Crippen LogP contribution is 2.44. The Labute approximate surface area is 288 Å². The van der Waals surface area contributed by atoms with Gasteiger partial charge in [-0.25, -0.2) is 24.4 Å². The van der Waals surface area contributed by atoms with Crippen molar-refractivity contribution >= 4 is 50.5 Å². The highest BCUT2D eigenvalue weighted by Gasteiger charge is 2.52. The van der Waals surface area contributed by atoms with Crippen molar-refractivity contribution in [3.8, 4) is 11.3 Å². The minimum Gasteiger partial charge on any atom is -0.472 e. The van der Waals surface area contributed by atoms with Gasteiger partial charge in [0.2, 0.25) is 0 Å². The molecule has 1 aliphatic rings. The van der Waals surface area contributed by atoms with Gasteiger partial charge in [-0.2, -0.15) is 0 Å². The molecule has 11 nitrogen and oxygen atoms in total. The average Bonchev–Trinajstić information content (AvgIpc) is 3.98. The number of aromatic nitrogens is 3. The van der Waals surface area contributed by atoms with Crippen LogP contribution >= 0.6 is 11.3 Å². The number of esters is 3. The number of ether oxygens (including phenoxy) is 4. The van der Waals surface area contributed by atoms with Crippen molar-refractivity contribution in [2.75, 3.05) is 6.61 Å². The maximum absolute atomic E-state index is 13.7. The summed E-state index contributed by atoms with van der Waals surface area (Å²) in [5.41, 5.74) is 2.81. The summed E-state index contributed by atoms with van der Waals surface area (Å²) in [5, 5.41) is 3.51. The van der Waals surface area contributed by atoms with E-state index in [1.165, 1.54) is 17.7 Å². The Morgan fingerprint density at radius 1 is 0.740 bits per heavy atom. The van der Waals surface area contributed by atoms with E-state index in [-0.39, 0.29) is 12.2 Å². The summed E-state index contributed by atoms with van der Waals surface area (Å²) in [6, 6.07) is 29.2. The first-order valence-corrected chi connectivity index (χ1v) is 16.6. The smallest absolute Gasteiger partial charge is 0.338 e. The van der Waals surface area contributed by atoms with E-state index < -0.39 is 42.4 Å². The number of hydrogen-bond acceptors (Lipinski definition) is 11. The van der Waals surface area contributed by atoms with Crippen molar-refractivity contribution in [3.63, 3.8) is 0 Å². The van der Waals surface area contributed by atoms with E-state index in [9.17, 15) is 14.4 Å². The van der Waals surface area contributed by atoms with Gasteiger partial charge < -0.3 is 23.4 Å². The van der Waals surface area contributed by atoms with Gasteiger partial charge in [0.15, 0.2) is 18.4 Å². The highest BCUT2D eigenvalue weighted by molar-refractivity contribution is 7.17. The van der Waals surface area contributed by atoms with Crippen molar-refractivity contribution in [1.82, 2.24) is 14.5 Å². The lowest BCUT2D eigenvalue weighted by Crippen LogP contribution is -2.41. The van der Waals surface area contributed by atoms with Gasteiger partial charge in [-0.05, 0) is 53.9 Å². The van der Waals surface area contributed by atoms with Crippen LogP contribution in [0.1, 0.15) is 37.3 Å². The third-order valence-corrected chi connectivity index (χ3v) is 9.33. The van der Waals surface area contributed by atoms with Gasteiger partial charge in [-0.1, -0.05) is 54.6 Å². The molecule has 4 aromatic heterocycles. The lowest BCUT2D eigenvalue weighted by molar-refractivity contribution is -0.0587. The number of thiophene rings is 1. The van der Waals surface area contributed by atoms with Crippen molar-refractivity contribution in [2.45, 2.75) is 24.5 Å². The van der Waals surface area contributed by atoms with Crippen LogP contribution in [-0.2, 0) is 18.9 Å². The predicted octanol–water partition coefficient (Wildman–Crippen LogP) is 7.11. The van der Waals surface area contributed by atoms with Gasteiger partial charge in [0.1, 0.15) is 29.5 Å². The van der Waals surface area contributed by atoms with Gasteiger partial charge >= 0.3 is 17.9 Å². The Bertz CT molecular complexity index is 2290. The van der Waals surface area contributed by atoms with Crippen LogP contribution in [0.5, 0.6) is 0 Å². The van der Waals surface area contributed by atoms with Crippen molar-refractivity contribution in [3.05, 3.63) is 144 Å². The summed E-state index contributed by atoms with van der Waals surface area (Å²) in [6.07, 6.45) is 0.0902. The maximum atomic E-state index is 13.7. The largest absolute Gasteiger partial charge is 0.472 e. The molecule has 1 fully saturated rings. The minimum atomic E-state index is -1.20. The van der Waals surface area contributed by atoms with Gasteiger partial charge in [-0.3, -0.25) is 4.57 Å². The summed E-state index contributed by atoms with van der Waals surface area (Å²) < 4.78 is 31.9. The summed E-state index contributed by atoms with van der Waals surface area (Å²) in [7, 11) is 0. The first-order valence-electron chi connectivity index (χ1n) is 15.7. The van der Waals surface area contributed by atoms with Crippen LogP contribution in [0.15, 0.2) is 132 Å². The number of carbonyl (C=O) groups excluding carboxylic acids is 3. The first kappa shape index (κ1) is 31.2. The fourth-order valence-electron chi connectivity index (χ4n) is 6.10. The zero-order valence-corrected chi connectivity index (χ0v) is 27.0. The second-order valence-electron chi connectivity index (χ2n) is 11.4. The Hall–Kier alpha value is -6.11. The molecule has 4 atom stereocenters. The van der Waals surface area contributed by atoms with Gasteiger partial charge in [0, 0.05) is 10.9 Å². The van der Waals surface area contributed by atoms with Gasteiger partial charge in [0.25, 0.3) is 0 Å². The molecule has 12 heteroatoms. The highest BCUT2D eigenvalue weighted by atomic mass is 32.1. The number of nitrogens with zero attached hydrogens (tertiary/aromatic N) is 3. The van der Waals surface area contributed by atoms with Crippen molar-refractivity contribution in [2.24, 2.45) is 0 Å². The predicted molar refractivity (Wildman–Crippen MR) is 183 cm³/mol. The number of benzene rings is 3. The zero-order valence-electron chi connectivity index (χ0n) is 26.2. The molecule has 5 heterocycles. The second-order valence-corrected chi connectivity index (χ2v) is 12.3. The summed E-state index contributed by atoms with van der Waals surface area (Å²) in [4.78, 5) is 50.4. The van der Waals surface area contributed by atoms with Crippen LogP contribution in [0.3, 0.4) is 0 Å². The minimum absolute atomic E-state index is 0.286. The average molecular weight is 686 g/mol. The van der Waals surface area contributed by atoms with Crippen LogP contribution in [0, 0.1) is 0 Å². The monoisotopic (exact) mass is 685 g/mol. The number of hydrogen-bond donors (Lipinski definition) is 0. The van der Waals surface area contributed by atoms with Crippen molar-refractivity contribution in [1.29, 1.82) is 0 Å². The van der Waals surface area contributed by atoms with Crippen LogP contribution in [-0.4, -0.2) is 57.4 Å². The molecule has 0 N–H and O–H groups in total. The van der Waals surface area contributed by atoms with Crippen LogP contribution in [0.25, 0.3) is 32.5 Å². The van der Waals surface area contributed by atoms with Gasteiger partial charge in [-0.15, -0.1) is 11.3 Å². The molecular weight excluding hydrogens is 658 g/mol. The molecule has 7 aromatic rings. The number of rotatable bonds is 9. The number of fused-ring (bicyclic) bond motifs is 3. The molecule has 0 saturated carbocycles. The van der Waals surface area contributed by atoms with E-state index >= 15 is 0 Å². The standard InChI is InChI=1S/C38H27N3O8S/c42-36(23-10-4-1-5-11-23)46-21-28-31(48-37(43)24-12-6-2-7-13-24)32(49-38(44)25-14-8-3-9-15-25)34(47-28)41-33-29(27-17-19-50-35(27)41)30(39-22-40-33)26-16-18-45-20-26/h1-20,22,28,31-32,34H,21H2/t28-,31-,32-,34-/m1/s1. The summed E-state index contributed by atoms with van der Waals surface area (Å²) in [6.45, 7) is -0.307. The Morgan fingerprint density at radius 2 is 1.36 bits per heavy atom. The molecular formula is C38H27N3O8S. The molecule has 0 aliphatic carbocycles. The normalized spacial score (nSPS) is 18.6. The molecule has 0 spiro atoms. The van der Waals surface area contributed by atoms with E-state index in [2.05, 4.69) is 9.97 Å². The number of carbonyl (C=O) groups is 3. The topological polar surface area (TPSA) is 132 Å². The second kappa shape index (κ2) is 13.4. The third kappa shape index (κ3) is 5.80. The number of furan rings is 1. The van der Waals surface area contributed by atoms with Crippen molar-refractivity contribution < 1.29 is 37.7 Å². The third-order valence-electron chi connectivity index (χ3n) is 8.42. The van der Waals surface area contributed by atoms with E-state index in [1.54, 1.807) is 104 Å². The Kier molecular flexibility index (Phi) is 8.37. The zero-order chi connectivity index (χ0) is 34.0. The lowest BCUT2D eigenvalue weighted by Gasteiger charge is -2.25. The molecule has 0 unspecified atom stereocenters. The van der Waals surface area contributed by atoms with Gasteiger partial charge in [0.05, 0.1) is 40.3 Å². The summed E-state index contributed by atoms with van der Waals surface area (Å²) in [5.74, 6) is -1.91. The molecule has 3 aromatic carbocycles. The quantitative estimate of drug-likeness (QED) is 0.114. The molecule has 8 rings (SSSR count). The SMILES string of the molecule is O=C(OC[C@H]1O[C@@H](n2c3ncnc(-c4ccoc4)c3c3ccsc32)[C@H](OC(=O)c2ccccc2)[C@@H]1OC(=O)c1ccccc1)c1ccccc1. The molecule has 1 saturated heterocycles. The molecule has 0 amide bonds. The first-order chi connectivity index (χ1) is 24.6. The molecule has 248 valence electrons. The van der Waals surface area contributed by atoms with Crippen LogP contribution in [0.2, 0.25) is 0 Å². The van der Waals surface area contributed by atoms with E-state index in [4.69, 9.17) is 23.4 Å². The molecule has 0 bridgehead atoms. The van der Waals surface area contributed by atoms with Crippen LogP contribution in [0.4, 0.5) is 0 Å². The summed E-state index contributed by atoms with van der Waals surface area (Å²) >= 11 is 1.44. The molecule has 1 aliphatic heterocycles.